The van der Waals surface area contributed by atoms with Gasteiger partial charge in [-0.05, 0) is 54.0 Å². The number of nitrogens with zero attached hydrogens (tertiary/aromatic N) is 3. The van der Waals surface area contributed by atoms with Crippen molar-refractivity contribution in [1.29, 1.82) is 0 Å². The molecule has 3 aliphatic rings. The zero-order chi connectivity index (χ0) is 31.6. The summed E-state index contributed by atoms with van der Waals surface area (Å²) < 4.78 is 42.0. The molecule has 44 heavy (non-hydrogen) atoms. The van der Waals surface area contributed by atoms with Gasteiger partial charge in [-0.2, -0.15) is 13.2 Å². The van der Waals surface area contributed by atoms with Crippen LogP contribution in [0.15, 0.2) is 58.4 Å². The number of thiazole rings is 1. The van der Waals surface area contributed by atoms with Gasteiger partial charge in [0.15, 0.2) is 0 Å². The fourth-order valence-electron chi connectivity index (χ4n) is 6.26. The maximum Gasteiger partial charge on any atom is 0.416 e. The molecule has 2 saturated heterocycles. The van der Waals surface area contributed by atoms with Gasteiger partial charge in [0.05, 0.1) is 22.2 Å². The predicted octanol–water partition coefficient (Wildman–Crippen LogP) is 6.03. The molecule has 0 N–H and O–H groups in total. The number of thioether (sulfide) groups is 1. The quantitative estimate of drug-likeness (QED) is 0.325. The zero-order valence-electron chi connectivity index (χ0n) is 24.5. The van der Waals surface area contributed by atoms with E-state index in [2.05, 4.69) is 20.8 Å². The number of carbonyl (C=O) groups excluding carboxylic acids is 3. The van der Waals surface area contributed by atoms with Crippen LogP contribution in [0, 0.1) is 5.92 Å². The molecule has 6 rings (SSSR count). The molecule has 0 aliphatic carbocycles. The molecule has 3 amide bonds. The monoisotopic (exact) mass is 643 g/mol. The predicted molar refractivity (Wildman–Crippen MR) is 163 cm³/mol. The highest BCUT2D eigenvalue weighted by molar-refractivity contribution is 8.00. The van der Waals surface area contributed by atoms with Crippen LogP contribution < -0.4 is 9.77 Å². The van der Waals surface area contributed by atoms with Gasteiger partial charge in [-0.25, -0.2) is 4.90 Å². The Bertz CT molecular complexity index is 1680. The number of imide groups is 1. The number of amides is 3. The second kappa shape index (κ2) is 11.2. The molecule has 232 valence electrons. The Morgan fingerprint density at radius 2 is 1.59 bits per heavy atom. The van der Waals surface area contributed by atoms with Gasteiger partial charge >= 0.3 is 11.0 Å². The third-order valence-corrected chi connectivity index (χ3v) is 11.2. The molecule has 3 aliphatic heterocycles. The summed E-state index contributed by atoms with van der Waals surface area (Å²) in [6.45, 7) is 7.29. The van der Waals surface area contributed by atoms with E-state index in [4.69, 9.17) is 0 Å². The lowest BCUT2D eigenvalue weighted by atomic mass is 9.81. The molecule has 2 unspecified atom stereocenters. The number of anilines is 1. The Labute approximate surface area is 261 Å². The van der Waals surface area contributed by atoms with Crippen molar-refractivity contribution in [2.45, 2.75) is 74.4 Å². The number of benzene rings is 2. The van der Waals surface area contributed by atoms with Crippen LogP contribution in [0.2, 0.25) is 0 Å². The maximum absolute atomic E-state index is 14.1. The van der Waals surface area contributed by atoms with Gasteiger partial charge in [0, 0.05) is 23.9 Å². The average Bonchev–Trinajstić information content (AvgIpc) is 3.43. The van der Waals surface area contributed by atoms with E-state index in [1.165, 1.54) is 16.7 Å². The summed E-state index contributed by atoms with van der Waals surface area (Å²) in [6, 6.07) is 11.9. The Hall–Kier alpha value is -3.38. The van der Waals surface area contributed by atoms with Crippen molar-refractivity contribution in [2.24, 2.45) is 5.92 Å². The van der Waals surface area contributed by atoms with Crippen molar-refractivity contribution in [2.75, 3.05) is 18.0 Å². The van der Waals surface area contributed by atoms with Crippen LogP contribution in [-0.4, -0.2) is 45.5 Å². The summed E-state index contributed by atoms with van der Waals surface area (Å²) in [5.74, 6) is -3.07. The molecule has 4 heterocycles. The topological polar surface area (TPSA) is 79.7 Å². The third kappa shape index (κ3) is 5.40. The van der Waals surface area contributed by atoms with Crippen LogP contribution in [0.3, 0.4) is 0 Å². The number of piperidine rings is 1. The van der Waals surface area contributed by atoms with Crippen molar-refractivity contribution in [3.8, 4) is 0 Å². The second-order valence-corrected chi connectivity index (χ2v) is 14.7. The third-order valence-electron chi connectivity index (χ3n) is 8.62. The summed E-state index contributed by atoms with van der Waals surface area (Å²) in [5.41, 5.74) is 0.527. The van der Waals surface area contributed by atoms with Crippen LogP contribution in [0.4, 0.5) is 18.9 Å². The largest absolute Gasteiger partial charge is 0.416 e. The molecule has 7 nitrogen and oxygen atoms in total. The Morgan fingerprint density at radius 3 is 2.23 bits per heavy atom. The van der Waals surface area contributed by atoms with Gasteiger partial charge in [-0.1, -0.05) is 74.2 Å². The van der Waals surface area contributed by atoms with E-state index in [0.29, 0.717) is 23.0 Å². The zero-order valence-corrected chi connectivity index (χ0v) is 26.2. The molecule has 2 aromatic carbocycles. The molecule has 2 fully saturated rings. The SMILES string of the molecule is CC(C)(C)c1ccc([C@H]2c3sc(=O)n(CC(=O)N4CCCCC4)c3SC3C(=O)N(c4cccc(C(F)(F)F)c4)C(=O)C32)cc1. The van der Waals surface area contributed by atoms with Crippen LogP contribution in [0.5, 0.6) is 0 Å². The van der Waals surface area contributed by atoms with E-state index in [1.54, 1.807) is 4.90 Å². The lowest BCUT2D eigenvalue weighted by molar-refractivity contribution is -0.137. The number of alkyl halides is 3. The minimum absolute atomic E-state index is 0.142. The number of rotatable bonds is 4. The number of aromatic nitrogens is 1. The first-order valence-corrected chi connectivity index (χ1v) is 16.3. The molecular weight excluding hydrogens is 611 g/mol. The number of hydrogen-bond donors (Lipinski definition) is 0. The van der Waals surface area contributed by atoms with Crippen LogP contribution in [-0.2, 0) is 32.5 Å². The van der Waals surface area contributed by atoms with Crippen molar-refractivity contribution < 1.29 is 27.6 Å². The van der Waals surface area contributed by atoms with Gasteiger partial charge in [0.1, 0.15) is 11.8 Å². The fraction of sp³-hybridized carbons (Fsp3) is 0.438. The molecule has 12 heteroatoms. The minimum Gasteiger partial charge on any atom is -0.341 e. The van der Waals surface area contributed by atoms with Crippen LogP contribution >= 0.6 is 23.1 Å². The van der Waals surface area contributed by atoms with E-state index in [9.17, 15) is 32.3 Å². The molecule has 3 atom stereocenters. The van der Waals surface area contributed by atoms with Gasteiger partial charge < -0.3 is 4.90 Å². The molecule has 0 bridgehead atoms. The first kappa shape index (κ1) is 30.6. The van der Waals surface area contributed by atoms with Gasteiger partial charge in [0.25, 0.3) is 0 Å². The van der Waals surface area contributed by atoms with Crippen LogP contribution in [0.25, 0.3) is 0 Å². The summed E-state index contributed by atoms with van der Waals surface area (Å²) in [7, 11) is 0. The lowest BCUT2D eigenvalue weighted by Crippen LogP contribution is -2.39. The minimum atomic E-state index is -4.65. The summed E-state index contributed by atoms with van der Waals surface area (Å²) in [5, 5.41) is -0.522. The van der Waals surface area contributed by atoms with Crippen LogP contribution in [0.1, 0.15) is 67.5 Å². The molecule has 0 saturated carbocycles. The highest BCUT2D eigenvalue weighted by Crippen LogP contribution is 2.54. The van der Waals surface area contributed by atoms with Gasteiger partial charge in [-0.3, -0.25) is 23.7 Å². The maximum atomic E-state index is 14.1. The molecule has 0 spiro atoms. The average molecular weight is 644 g/mol. The standard InChI is InChI=1S/C32H32F3N3O4S2/c1-31(2,3)19-12-10-18(11-13-19)23-24-25(28(41)38(27(24)40)21-9-7-8-20(16-21)32(33,34)35)43-29-26(23)44-30(42)37(29)17-22(39)36-14-5-4-6-15-36/h7-13,16,23-25H,4-6,14-15,17H2,1-3H3/t23-,24?,25?/m1/s1. The first-order valence-electron chi connectivity index (χ1n) is 14.6. The fourth-order valence-corrected chi connectivity index (χ4v) is 9.03. The molecule has 0 radical (unpaired) electrons. The Kier molecular flexibility index (Phi) is 7.80. The first-order chi connectivity index (χ1) is 20.8. The Balaban J connectivity index is 1.44. The van der Waals surface area contributed by atoms with Crippen molar-refractivity contribution in [1.82, 2.24) is 9.47 Å². The smallest absolute Gasteiger partial charge is 0.341 e. The number of likely N-dealkylation sites (tertiary alicyclic amines) is 1. The second-order valence-electron chi connectivity index (χ2n) is 12.5. The van der Waals surface area contributed by atoms with Crippen molar-refractivity contribution >= 4 is 46.5 Å². The highest BCUT2D eigenvalue weighted by Gasteiger charge is 2.57. The lowest BCUT2D eigenvalue weighted by Gasteiger charge is -2.31. The van der Waals surface area contributed by atoms with Gasteiger partial charge in [-0.15, -0.1) is 0 Å². The summed E-state index contributed by atoms with van der Waals surface area (Å²) in [4.78, 5) is 57.5. The number of halogens is 3. The van der Waals surface area contributed by atoms with Crippen molar-refractivity contribution in [3.63, 3.8) is 0 Å². The number of hydrogen-bond acceptors (Lipinski definition) is 6. The highest BCUT2D eigenvalue weighted by atomic mass is 32.2. The van der Waals surface area contributed by atoms with E-state index < -0.39 is 40.6 Å². The molecule has 1 aromatic heterocycles. The van der Waals surface area contributed by atoms with Crippen molar-refractivity contribution in [3.05, 3.63) is 79.8 Å². The molecule has 3 aromatic rings. The van der Waals surface area contributed by atoms with E-state index >= 15 is 0 Å². The van der Waals surface area contributed by atoms with E-state index in [0.717, 1.165) is 70.5 Å². The number of fused-ring (bicyclic) bond motifs is 2. The van der Waals surface area contributed by atoms with E-state index in [-0.39, 0.29) is 28.4 Å². The summed E-state index contributed by atoms with van der Waals surface area (Å²) in [6.07, 6.45) is -1.81. The molecular formula is C32H32F3N3O4S2. The normalized spacial score (nSPS) is 22.3. The van der Waals surface area contributed by atoms with E-state index in [1.807, 2.05) is 24.3 Å². The summed E-state index contributed by atoms with van der Waals surface area (Å²) >= 11 is 2.02. The number of carbonyl (C=O) groups is 3. The Morgan fingerprint density at radius 1 is 0.909 bits per heavy atom. The van der Waals surface area contributed by atoms with Gasteiger partial charge in [0.2, 0.25) is 17.7 Å².